The molecule has 0 spiro atoms. The van der Waals surface area contributed by atoms with Crippen molar-refractivity contribution in [2.75, 3.05) is 19.7 Å². The van der Waals surface area contributed by atoms with Gasteiger partial charge in [0, 0.05) is 18.7 Å². The molecule has 0 aliphatic carbocycles. The van der Waals surface area contributed by atoms with E-state index in [1.54, 1.807) is 12.1 Å². The van der Waals surface area contributed by atoms with Gasteiger partial charge in [0.15, 0.2) is 6.61 Å². The number of hydrogen-bond donors (Lipinski definition) is 0. The molecule has 23 heavy (non-hydrogen) atoms. The minimum absolute atomic E-state index is 0.0457. The summed E-state index contributed by atoms with van der Waals surface area (Å²) in [5, 5.41) is 7.49. The fourth-order valence-corrected chi connectivity index (χ4v) is 3.10. The topological polar surface area (TPSA) is 68.5 Å². The van der Waals surface area contributed by atoms with Crippen molar-refractivity contribution in [2.45, 2.75) is 20.3 Å². The van der Waals surface area contributed by atoms with Crippen LogP contribution in [0.3, 0.4) is 0 Å². The number of likely N-dealkylation sites (tertiary alicyclic amines) is 1. The molecule has 6 nitrogen and oxygen atoms in total. The number of aromatic nitrogens is 2. The van der Waals surface area contributed by atoms with Crippen molar-refractivity contribution in [1.82, 2.24) is 15.1 Å². The van der Waals surface area contributed by atoms with Crippen LogP contribution in [-0.2, 0) is 4.79 Å². The number of rotatable bonds is 4. The van der Waals surface area contributed by atoms with Gasteiger partial charge in [-0.1, -0.05) is 13.8 Å². The van der Waals surface area contributed by atoms with Crippen LogP contribution in [0.5, 0.6) is 5.75 Å². The molecule has 1 aliphatic heterocycles. The molecule has 1 aromatic heterocycles. The Labute approximate surface area is 135 Å². The molecule has 1 aromatic carbocycles. The zero-order valence-corrected chi connectivity index (χ0v) is 13.4. The molecule has 2 heterocycles. The summed E-state index contributed by atoms with van der Waals surface area (Å²) in [6, 6.07) is 7.26. The number of ether oxygens (including phenoxy) is 1. The molecule has 0 unspecified atom stereocenters. The van der Waals surface area contributed by atoms with Gasteiger partial charge < -0.3 is 14.1 Å². The minimum atomic E-state index is 0.0457. The molecular formula is C17H21N3O3. The first-order valence-corrected chi connectivity index (χ1v) is 7.89. The van der Waals surface area contributed by atoms with Crippen molar-refractivity contribution in [3.63, 3.8) is 0 Å². The van der Waals surface area contributed by atoms with Crippen molar-refractivity contribution in [2.24, 2.45) is 11.8 Å². The van der Waals surface area contributed by atoms with Crippen molar-refractivity contribution < 1.29 is 13.9 Å². The molecular weight excluding hydrogens is 294 g/mol. The lowest BCUT2D eigenvalue weighted by molar-refractivity contribution is -0.136. The van der Waals surface area contributed by atoms with Gasteiger partial charge in [-0.15, -0.1) is 10.2 Å². The molecule has 0 bridgehead atoms. The average molecular weight is 315 g/mol. The molecule has 2 atom stereocenters. The molecule has 1 amide bonds. The summed E-state index contributed by atoms with van der Waals surface area (Å²) in [5.41, 5.74) is 0.819. The molecule has 2 aromatic rings. The van der Waals surface area contributed by atoms with Crippen molar-refractivity contribution in [1.29, 1.82) is 0 Å². The summed E-state index contributed by atoms with van der Waals surface area (Å²) in [5.74, 6) is 2.26. The van der Waals surface area contributed by atoms with Gasteiger partial charge in [0.25, 0.3) is 5.91 Å². The van der Waals surface area contributed by atoms with Crippen molar-refractivity contribution in [3.05, 3.63) is 30.7 Å². The van der Waals surface area contributed by atoms with E-state index in [2.05, 4.69) is 24.0 Å². The number of carbonyl (C=O) groups is 1. The van der Waals surface area contributed by atoms with Gasteiger partial charge in [0.05, 0.1) is 0 Å². The second-order valence-electron chi connectivity index (χ2n) is 6.30. The van der Waals surface area contributed by atoms with E-state index in [0.717, 1.165) is 18.7 Å². The van der Waals surface area contributed by atoms with Gasteiger partial charge >= 0.3 is 0 Å². The Morgan fingerprint density at radius 2 is 1.96 bits per heavy atom. The first kappa shape index (κ1) is 15.5. The Morgan fingerprint density at radius 3 is 2.57 bits per heavy atom. The molecule has 0 radical (unpaired) electrons. The maximum absolute atomic E-state index is 12.3. The lowest BCUT2D eigenvalue weighted by Gasteiger charge is -2.34. The third-order valence-corrected chi connectivity index (χ3v) is 4.05. The van der Waals surface area contributed by atoms with E-state index in [1.807, 2.05) is 17.0 Å². The fourth-order valence-electron chi connectivity index (χ4n) is 3.10. The Balaban J connectivity index is 1.54. The van der Waals surface area contributed by atoms with Crippen LogP contribution in [0.25, 0.3) is 11.5 Å². The van der Waals surface area contributed by atoms with Crippen LogP contribution in [0.1, 0.15) is 20.3 Å². The SMILES string of the molecule is C[C@H]1C[C@H](C)CN(C(=O)COc2ccc(-c3nnco3)cc2)C1. The van der Waals surface area contributed by atoms with Gasteiger partial charge in [0.2, 0.25) is 12.3 Å². The fraction of sp³-hybridized carbons (Fsp3) is 0.471. The second-order valence-corrected chi connectivity index (χ2v) is 6.30. The summed E-state index contributed by atoms with van der Waals surface area (Å²) in [4.78, 5) is 14.2. The van der Waals surface area contributed by atoms with Gasteiger partial charge in [-0.05, 0) is 42.5 Å². The third kappa shape index (κ3) is 3.88. The summed E-state index contributed by atoms with van der Waals surface area (Å²) >= 11 is 0. The number of benzene rings is 1. The summed E-state index contributed by atoms with van der Waals surface area (Å²) < 4.78 is 10.7. The molecule has 1 fully saturated rings. The summed E-state index contributed by atoms with van der Waals surface area (Å²) in [6.45, 7) is 6.09. The number of carbonyl (C=O) groups excluding carboxylic acids is 1. The highest BCUT2D eigenvalue weighted by atomic mass is 16.5. The van der Waals surface area contributed by atoms with E-state index in [0.29, 0.717) is 23.5 Å². The zero-order chi connectivity index (χ0) is 16.2. The third-order valence-electron chi connectivity index (χ3n) is 4.05. The predicted octanol–water partition coefficient (Wildman–Crippen LogP) is 2.62. The molecule has 0 saturated carbocycles. The van der Waals surface area contributed by atoms with Gasteiger partial charge in [0.1, 0.15) is 5.75 Å². The molecule has 0 N–H and O–H groups in total. The van der Waals surface area contributed by atoms with Crippen LogP contribution in [0.2, 0.25) is 0 Å². The lowest BCUT2D eigenvalue weighted by Crippen LogP contribution is -2.44. The molecule has 6 heteroatoms. The lowest BCUT2D eigenvalue weighted by atomic mass is 9.92. The van der Waals surface area contributed by atoms with Crippen LogP contribution in [0, 0.1) is 11.8 Å². The number of piperidine rings is 1. The van der Waals surface area contributed by atoms with Gasteiger partial charge in [-0.3, -0.25) is 4.79 Å². The van der Waals surface area contributed by atoms with Crippen molar-refractivity contribution >= 4 is 5.91 Å². The van der Waals surface area contributed by atoms with Crippen molar-refractivity contribution in [3.8, 4) is 17.2 Å². The first-order valence-electron chi connectivity index (χ1n) is 7.89. The quantitative estimate of drug-likeness (QED) is 0.867. The maximum Gasteiger partial charge on any atom is 0.260 e. The van der Waals surface area contributed by atoms with Crippen LogP contribution < -0.4 is 4.74 Å². The van der Waals surface area contributed by atoms with E-state index in [-0.39, 0.29) is 12.5 Å². The Bertz CT molecular complexity index is 630. The Morgan fingerprint density at radius 1 is 1.26 bits per heavy atom. The van der Waals surface area contributed by atoms with E-state index >= 15 is 0 Å². The smallest absolute Gasteiger partial charge is 0.260 e. The van der Waals surface area contributed by atoms with E-state index in [4.69, 9.17) is 9.15 Å². The highest BCUT2D eigenvalue weighted by Gasteiger charge is 2.25. The minimum Gasteiger partial charge on any atom is -0.484 e. The first-order chi connectivity index (χ1) is 11.1. The second kappa shape index (κ2) is 6.81. The van der Waals surface area contributed by atoms with E-state index in [9.17, 15) is 4.79 Å². The van der Waals surface area contributed by atoms with Crippen LogP contribution in [0.4, 0.5) is 0 Å². The Kier molecular flexibility index (Phi) is 4.60. The van der Waals surface area contributed by atoms with E-state index in [1.165, 1.54) is 12.8 Å². The van der Waals surface area contributed by atoms with Crippen LogP contribution in [-0.4, -0.2) is 40.7 Å². The molecule has 122 valence electrons. The molecule has 1 saturated heterocycles. The van der Waals surface area contributed by atoms with E-state index < -0.39 is 0 Å². The standard InChI is InChI=1S/C17H21N3O3/c1-12-7-13(2)9-20(8-12)16(21)10-22-15-5-3-14(4-6-15)17-19-18-11-23-17/h3-6,11-13H,7-10H2,1-2H3/t12-,13-/m0/s1. The van der Waals surface area contributed by atoms with Gasteiger partial charge in [-0.2, -0.15) is 0 Å². The monoisotopic (exact) mass is 315 g/mol. The zero-order valence-electron chi connectivity index (χ0n) is 13.4. The highest BCUT2D eigenvalue weighted by molar-refractivity contribution is 5.78. The van der Waals surface area contributed by atoms with Crippen LogP contribution >= 0.6 is 0 Å². The predicted molar refractivity (Wildman–Crippen MR) is 84.8 cm³/mol. The average Bonchev–Trinajstić information content (AvgIpc) is 3.06. The number of nitrogens with zero attached hydrogens (tertiary/aromatic N) is 3. The maximum atomic E-state index is 12.3. The molecule has 1 aliphatic rings. The molecule has 3 rings (SSSR count). The normalized spacial score (nSPS) is 21.2. The number of hydrogen-bond acceptors (Lipinski definition) is 5. The summed E-state index contributed by atoms with van der Waals surface area (Å²) in [7, 11) is 0. The largest absolute Gasteiger partial charge is 0.484 e. The Hall–Kier alpha value is -2.37. The highest BCUT2D eigenvalue weighted by Crippen LogP contribution is 2.22. The number of amides is 1. The van der Waals surface area contributed by atoms with Crippen LogP contribution in [0.15, 0.2) is 35.1 Å². The van der Waals surface area contributed by atoms with Gasteiger partial charge in [-0.25, -0.2) is 0 Å². The summed E-state index contributed by atoms with van der Waals surface area (Å²) in [6.07, 6.45) is 2.47.